The van der Waals surface area contributed by atoms with Crippen molar-refractivity contribution in [3.63, 3.8) is 0 Å². The number of hydrogen-bond donors (Lipinski definition) is 4. The van der Waals surface area contributed by atoms with E-state index in [9.17, 15) is 9.90 Å². The normalized spacial score (nSPS) is 20.2. The minimum atomic E-state index is -1.36. The number of aryl methyl sites for hydroxylation is 1. The molecule has 40 heavy (non-hydrogen) atoms. The Balaban J connectivity index is 1.41. The molecule has 13 nitrogen and oxygen atoms in total. The van der Waals surface area contributed by atoms with Crippen molar-refractivity contribution in [2.24, 2.45) is 5.11 Å². The Morgan fingerprint density at radius 2 is 2.10 bits per heavy atom. The van der Waals surface area contributed by atoms with Gasteiger partial charge < -0.3 is 30.2 Å². The number of amides is 1. The number of nitrogens with one attached hydrogen (secondary N) is 3. The van der Waals surface area contributed by atoms with Crippen LogP contribution in [0.25, 0.3) is 21.6 Å². The number of azide groups is 1. The molecule has 0 bridgehead atoms. The predicted octanol–water partition coefficient (Wildman–Crippen LogP) is 3.73. The van der Waals surface area contributed by atoms with Gasteiger partial charge in [0.15, 0.2) is 17.3 Å². The summed E-state index contributed by atoms with van der Waals surface area (Å²) in [4.78, 5) is 31.3. The van der Waals surface area contributed by atoms with E-state index in [0.29, 0.717) is 34.4 Å². The molecule has 14 heteroatoms. The van der Waals surface area contributed by atoms with Gasteiger partial charge in [0, 0.05) is 29.1 Å². The molecule has 2 aromatic carbocycles. The molecule has 3 heterocycles. The van der Waals surface area contributed by atoms with Crippen LogP contribution >= 0.6 is 11.6 Å². The first-order valence-corrected chi connectivity index (χ1v) is 12.8. The number of halogens is 1. The Labute approximate surface area is 233 Å². The maximum absolute atomic E-state index is 12.3. The first-order valence-electron chi connectivity index (χ1n) is 12.4. The van der Waals surface area contributed by atoms with Crippen molar-refractivity contribution in [1.82, 2.24) is 25.3 Å². The van der Waals surface area contributed by atoms with Crippen LogP contribution in [0.3, 0.4) is 0 Å². The number of benzene rings is 2. The van der Waals surface area contributed by atoms with E-state index in [4.69, 9.17) is 26.6 Å². The molecule has 1 aliphatic rings. The van der Waals surface area contributed by atoms with Crippen LogP contribution in [0.15, 0.2) is 53.9 Å². The van der Waals surface area contributed by atoms with E-state index in [1.165, 1.54) is 13.4 Å². The first-order chi connectivity index (χ1) is 19.4. The molecule has 1 amide bonds. The minimum absolute atomic E-state index is 0.0706. The van der Waals surface area contributed by atoms with Gasteiger partial charge in [-0.15, -0.1) is 0 Å². The number of fused-ring (bicyclic) bond motifs is 1. The van der Waals surface area contributed by atoms with Gasteiger partial charge in [0.1, 0.15) is 36.1 Å². The standard InChI is InChI=1S/C26H26ClN9O4/c1-13-5-3-4-6-14(13)11-39-17-8-7-16(27)9-15(17)10-30-23-19-24(32-12-31-19)34-25(33-23)22-20(37)18(35-36-28)21(40-22)26(38)29-2/h3-9,12,18,20-22,37H,10-11H2,1-2H3,(H,29,38)(H2,30,31,32,33,34)/t18-,20+,21-,22-/m0/s1. The molecule has 0 spiro atoms. The van der Waals surface area contributed by atoms with Crippen molar-refractivity contribution in [3.05, 3.63) is 86.8 Å². The highest BCUT2D eigenvalue weighted by Crippen LogP contribution is 2.35. The molecular formula is C26H26ClN9O4. The summed E-state index contributed by atoms with van der Waals surface area (Å²) >= 11 is 6.30. The zero-order valence-corrected chi connectivity index (χ0v) is 22.3. The monoisotopic (exact) mass is 563 g/mol. The summed E-state index contributed by atoms with van der Waals surface area (Å²) in [6, 6.07) is 12.2. The number of nitrogens with zero attached hydrogens (tertiary/aromatic N) is 6. The van der Waals surface area contributed by atoms with E-state index < -0.39 is 30.3 Å². The van der Waals surface area contributed by atoms with E-state index in [0.717, 1.165) is 16.7 Å². The summed E-state index contributed by atoms with van der Waals surface area (Å²) in [6.45, 7) is 2.70. The summed E-state index contributed by atoms with van der Waals surface area (Å²) in [5, 5.41) is 20.7. The molecule has 5 rings (SSSR count). The van der Waals surface area contributed by atoms with Gasteiger partial charge in [0.2, 0.25) is 5.91 Å². The second-order valence-corrected chi connectivity index (χ2v) is 9.57. The van der Waals surface area contributed by atoms with Gasteiger partial charge in [-0.1, -0.05) is 41.0 Å². The van der Waals surface area contributed by atoms with E-state index in [1.807, 2.05) is 37.3 Å². The average Bonchev–Trinajstić information content (AvgIpc) is 3.56. The van der Waals surface area contributed by atoms with Gasteiger partial charge in [0.05, 0.1) is 12.4 Å². The van der Waals surface area contributed by atoms with E-state index in [-0.39, 0.29) is 12.4 Å². The summed E-state index contributed by atoms with van der Waals surface area (Å²) in [5.41, 5.74) is 12.8. The number of hydrogen-bond acceptors (Lipinski definition) is 9. The number of carbonyl (C=O) groups excluding carboxylic acids is 1. The van der Waals surface area contributed by atoms with Crippen molar-refractivity contribution in [1.29, 1.82) is 0 Å². The van der Waals surface area contributed by atoms with Crippen LogP contribution in [-0.4, -0.2) is 56.2 Å². The number of imidazole rings is 1. The smallest absolute Gasteiger partial charge is 0.249 e. The lowest BCUT2D eigenvalue weighted by Crippen LogP contribution is -2.40. The molecule has 0 radical (unpaired) electrons. The second-order valence-electron chi connectivity index (χ2n) is 9.13. The van der Waals surface area contributed by atoms with Gasteiger partial charge in [-0.05, 0) is 41.8 Å². The SMILES string of the molecule is CNC(=O)[C@H]1O[C@H](c2nc(NCc3cc(Cl)ccc3OCc3ccccc3C)c3[nH]cnc3n2)[C@H](O)[C@@H]1N=[N+]=[N-]. The molecule has 4 atom stereocenters. The lowest BCUT2D eigenvalue weighted by atomic mass is 10.0. The fraction of sp³-hybridized carbons (Fsp3) is 0.308. The molecule has 1 fully saturated rings. The maximum Gasteiger partial charge on any atom is 0.249 e. The lowest BCUT2D eigenvalue weighted by molar-refractivity contribution is -0.132. The van der Waals surface area contributed by atoms with Crippen molar-refractivity contribution in [3.8, 4) is 5.75 Å². The van der Waals surface area contributed by atoms with Crippen molar-refractivity contribution in [2.45, 2.75) is 44.4 Å². The predicted molar refractivity (Wildman–Crippen MR) is 147 cm³/mol. The Kier molecular flexibility index (Phi) is 7.99. The van der Waals surface area contributed by atoms with Gasteiger partial charge in [-0.25, -0.2) is 15.0 Å². The van der Waals surface area contributed by atoms with E-state index in [1.54, 1.807) is 12.1 Å². The summed E-state index contributed by atoms with van der Waals surface area (Å²) < 4.78 is 11.9. The third-order valence-corrected chi connectivity index (χ3v) is 6.86. The summed E-state index contributed by atoms with van der Waals surface area (Å²) in [7, 11) is 1.42. The molecule has 1 aliphatic heterocycles. The minimum Gasteiger partial charge on any atom is -0.489 e. The maximum atomic E-state index is 12.3. The number of likely N-dealkylation sites (N-methyl/N-ethyl adjacent to an activating group) is 1. The van der Waals surface area contributed by atoms with E-state index >= 15 is 0 Å². The fourth-order valence-electron chi connectivity index (χ4n) is 4.48. The number of aliphatic hydroxyl groups excluding tert-OH is 1. The Morgan fingerprint density at radius 1 is 1.27 bits per heavy atom. The van der Waals surface area contributed by atoms with Gasteiger partial charge >= 0.3 is 0 Å². The number of carbonyl (C=O) groups is 1. The van der Waals surface area contributed by atoms with Gasteiger partial charge in [-0.3, -0.25) is 4.79 Å². The number of H-pyrrole nitrogens is 1. The molecule has 1 saturated heterocycles. The molecule has 4 aromatic rings. The Hall–Kier alpha value is -4.42. The summed E-state index contributed by atoms with van der Waals surface area (Å²) in [6.07, 6.45) is -2.25. The molecule has 0 saturated carbocycles. The van der Waals surface area contributed by atoms with Gasteiger partial charge in [0.25, 0.3) is 0 Å². The quantitative estimate of drug-likeness (QED) is 0.135. The number of aromatic nitrogens is 4. The van der Waals surface area contributed by atoms with Crippen molar-refractivity contribution >= 4 is 34.5 Å². The van der Waals surface area contributed by atoms with E-state index in [2.05, 4.69) is 40.6 Å². The number of anilines is 1. The molecular weight excluding hydrogens is 538 g/mol. The average molecular weight is 564 g/mol. The van der Waals surface area contributed by atoms with Crippen LogP contribution in [0.4, 0.5) is 5.82 Å². The van der Waals surface area contributed by atoms with Gasteiger partial charge in [-0.2, -0.15) is 0 Å². The third-order valence-electron chi connectivity index (χ3n) is 6.62. The third kappa shape index (κ3) is 5.49. The largest absolute Gasteiger partial charge is 0.489 e. The number of rotatable bonds is 9. The highest BCUT2D eigenvalue weighted by Gasteiger charge is 2.48. The highest BCUT2D eigenvalue weighted by molar-refractivity contribution is 6.30. The number of aromatic amines is 1. The molecule has 0 unspecified atom stereocenters. The topological polar surface area (TPSA) is 183 Å². The molecule has 4 N–H and O–H groups in total. The first kappa shape index (κ1) is 27.2. The van der Waals surface area contributed by atoms with Crippen molar-refractivity contribution < 1.29 is 19.4 Å². The second kappa shape index (κ2) is 11.8. The van der Waals surface area contributed by atoms with Crippen molar-refractivity contribution in [2.75, 3.05) is 12.4 Å². The summed E-state index contributed by atoms with van der Waals surface area (Å²) in [5.74, 6) is 0.552. The van der Waals surface area contributed by atoms with Crippen LogP contribution in [-0.2, 0) is 22.7 Å². The number of aliphatic hydroxyl groups is 1. The molecule has 206 valence electrons. The zero-order chi connectivity index (χ0) is 28.2. The lowest BCUT2D eigenvalue weighted by Gasteiger charge is -2.16. The Bertz CT molecular complexity index is 1590. The molecule has 2 aromatic heterocycles. The number of ether oxygens (including phenoxy) is 2. The highest BCUT2D eigenvalue weighted by atomic mass is 35.5. The van der Waals surface area contributed by atoms with Crippen LogP contribution in [0, 0.1) is 6.92 Å². The molecule has 0 aliphatic carbocycles. The van der Waals surface area contributed by atoms with Crippen LogP contribution in [0.5, 0.6) is 5.75 Å². The fourth-order valence-corrected chi connectivity index (χ4v) is 4.67. The van der Waals surface area contributed by atoms with Crippen LogP contribution in [0.1, 0.15) is 28.6 Å². The Morgan fingerprint density at radius 3 is 2.88 bits per heavy atom. The van der Waals surface area contributed by atoms with Crippen LogP contribution < -0.4 is 15.4 Å². The van der Waals surface area contributed by atoms with Crippen LogP contribution in [0.2, 0.25) is 5.02 Å². The zero-order valence-electron chi connectivity index (χ0n) is 21.6.